The molecule has 0 aromatic carbocycles. The summed E-state index contributed by atoms with van der Waals surface area (Å²) in [4.78, 5) is 26.4. The minimum Gasteiger partial charge on any atom is -0.393 e. The number of hydrogen-bond donors (Lipinski definition) is 4. The van der Waals surface area contributed by atoms with Crippen LogP contribution in [-0.2, 0) is 16.8 Å². The lowest BCUT2D eigenvalue weighted by Crippen LogP contribution is -2.32. The molecule has 14 heteroatoms. The molecular weight excluding hydrogens is 518 g/mol. The summed E-state index contributed by atoms with van der Waals surface area (Å²) in [6, 6.07) is 3.52. The van der Waals surface area contributed by atoms with Crippen LogP contribution in [0.2, 0.25) is 0 Å². The lowest BCUT2D eigenvalue weighted by Gasteiger charge is -2.15. The average molecular weight is 544 g/mol. The van der Waals surface area contributed by atoms with Gasteiger partial charge in [-0.3, -0.25) is 19.0 Å². The highest BCUT2D eigenvalue weighted by Crippen LogP contribution is 2.30. The van der Waals surface area contributed by atoms with Crippen molar-refractivity contribution >= 4 is 44.1 Å². The highest BCUT2D eigenvalue weighted by molar-refractivity contribution is 7.83. The van der Waals surface area contributed by atoms with Crippen LogP contribution in [0, 0.1) is 12.8 Å². The Morgan fingerprint density at radius 1 is 1.27 bits per heavy atom. The number of ketones is 1. The van der Waals surface area contributed by atoms with Crippen LogP contribution in [0.3, 0.4) is 0 Å². The summed E-state index contributed by atoms with van der Waals surface area (Å²) in [6.45, 7) is 2.35. The SMILES string of the molecule is Cc1nn(Cc2csc(C(=O)c3cncnc3N[C@@H]3C[C@H](CNS(=O)(=O)O)[C@@H](O)C3)c2)c2cnccc12. The van der Waals surface area contributed by atoms with Crippen molar-refractivity contribution in [3.63, 3.8) is 0 Å². The van der Waals surface area contributed by atoms with Crippen LogP contribution in [0.1, 0.15) is 39.3 Å². The standard InChI is InChI=1S/C23H25N7O5S2/c1-13-17-2-3-24-9-19(17)30(29-13)10-14-4-21(36-11-14)22(32)18-8-25-12-26-23(18)28-16-5-15(20(31)6-16)7-27-37(33,34)35/h2-4,8-9,11-12,15-16,20,27,31H,5-7,10H2,1H3,(H,25,26,28)(H,33,34,35)/t15-,16-,20+/m1/s1. The number of hydrogen-bond acceptors (Lipinski definition) is 10. The van der Waals surface area contributed by atoms with Crippen LogP contribution in [0.25, 0.3) is 10.9 Å². The topological polar surface area (TPSA) is 172 Å². The number of anilines is 1. The van der Waals surface area contributed by atoms with Crippen LogP contribution >= 0.6 is 11.3 Å². The van der Waals surface area contributed by atoms with E-state index in [0.717, 1.165) is 22.2 Å². The first kappa shape index (κ1) is 25.4. The molecule has 12 nitrogen and oxygen atoms in total. The van der Waals surface area contributed by atoms with Crippen molar-refractivity contribution in [3.8, 4) is 0 Å². The van der Waals surface area contributed by atoms with Gasteiger partial charge in [-0.15, -0.1) is 11.3 Å². The number of fused-ring (bicyclic) bond motifs is 1. The van der Waals surface area contributed by atoms with E-state index >= 15 is 0 Å². The number of nitrogens with one attached hydrogen (secondary N) is 2. The highest BCUT2D eigenvalue weighted by Gasteiger charge is 2.34. The third-order valence-electron chi connectivity index (χ3n) is 6.43. The Morgan fingerprint density at radius 2 is 2.11 bits per heavy atom. The average Bonchev–Trinajstić information content (AvgIpc) is 3.55. The summed E-state index contributed by atoms with van der Waals surface area (Å²) in [5.74, 6) is -0.279. The molecular formula is C23H25N7O5S2. The zero-order valence-electron chi connectivity index (χ0n) is 19.8. The maximum absolute atomic E-state index is 13.4. The Kier molecular flexibility index (Phi) is 7.00. The van der Waals surface area contributed by atoms with Crippen molar-refractivity contribution in [2.45, 2.75) is 38.5 Å². The second-order valence-corrected chi connectivity index (χ2v) is 11.2. The zero-order chi connectivity index (χ0) is 26.2. The number of aromatic nitrogens is 5. The van der Waals surface area contributed by atoms with Crippen LogP contribution in [0.4, 0.5) is 5.82 Å². The molecule has 1 aliphatic rings. The molecule has 0 radical (unpaired) electrons. The number of aliphatic hydroxyl groups is 1. The van der Waals surface area contributed by atoms with Crippen LogP contribution in [-0.4, -0.2) is 67.3 Å². The van der Waals surface area contributed by atoms with E-state index in [1.807, 2.05) is 33.8 Å². The van der Waals surface area contributed by atoms with Gasteiger partial charge < -0.3 is 10.4 Å². The van der Waals surface area contributed by atoms with Crippen molar-refractivity contribution in [2.75, 3.05) is 11.9 Å². The fraction of sp³-hybridized carbons (Fsp3) is 0.348. The molecule has 194 valence electrons. The summed E-state index contributed by atoms with van der Waals surface area (Å²) in [5, 5.41) is 21.1. The van der Waals surface area contributed by atoms with Crippen molar-refractivity contribution in [1.29, 1.82) is 0 Å². The third-order valence-corrected chi connectivity index (χ3v) is 7.94. The van der Waals surface area contributed by atoms with Gasteiger partial charge in [-0.1, -0.05) is 0 Å². The van der Waals surface area contributed by atoms with Crippen molar-refractivity contribution in [2.24, 2.45) is 5.92 Å². The minimum absolute atomic E-state index is 0.0904. The van der Waals surface area contributed by atoms with E-state index in [1.165, 1.54) is 23.9 Å². The Morgan fingerprint density at radius 3 is 2.92 bits per heavy atom. The Labute approximate surface area is 216 Å². The molecule has 37 heavy (non-hydrogen) atoms. The molecule has 4 heterocycles. The smallest absolute Gasteiger partial charge is 0.333 e. The largest absolute Gasteiger partial charge is 0.393 e. The lowest BCUT2D eigenvalue weighted by molar-refractivity contribution is 0.104. The number of aliphatic hydroxyl groups excluding tert-OH is 1. The predicted octanol–water partition coefficient (Wildman–Crippen LogP) is 1.81. The summed E-state index contributed by atoms with van der Waals surface area (Å²) < 4.78 is 34.7. The molecule has 4 N–H and O–H groups in total. The third kappa shape index (κ3) is 5.67. The van der Waals surface area contributed by atoms with Crippen molar-refractivity contribution in [3.05, 3.63) is 64.1 Å². The van der Waals surface area contributed by atoms with Gasteiger partial charge >= 0.3 is 10.3 Å². The van der Waals surface area contributed by atoms with Gasteiger partial charge in [-0.2, -0.15) is 18.2 Å². The van der Waals surface area contributed by atoms with E-state index in [0.29, 0.717) is 35.6 Å². The van der Waals surface area contributed by atoms with Gasteiger partial charge in [-0.25, -0.2) is 9.97 Å². The van der Waals surface area contributed by atoms with Gasteiger partial charge in [0.05, 0.1) is 40.5 Å². The number of pyridine rings is 1. The molecule has 1 fully saturated rings. The Hall–Kier alpha value is -3.30. The van der Waals surface area contributed by atoms with Crippen LogP contribution in [0.15, 0.2) is 42.4 Å². The second-order valence-electron chi connectivity index (χ2n) is 9.03. The van der Waals surface area contributed by atoms with Crippen molar-refractivity contribution < 1.29 is 22.9 Å². The number of carbonyl (C=O) groups is 1. The number of aryl methyl sites for hydroxylation is 1. The molecule has 1 saturated carbocycles. The van der Waals surface area contributed by atoms with Crippen LogP contribution < -0.4 is 10.0 Å². The quantitative estimate of drug-likeness (QED) is 0.180. The fourth-order valence-corrected chi connectivity index (χ4v) is 5.93. The van der Waals surface area contributed by atoms with E-state index in [1.54, 1.807) is 12.4 Å². The summed E-state index contributed by atoms with van der Waals surface area (Å²) in [7, 11) is -4.34. The first-order valence-electron chi connectivity index (χ1n) is 11.5. The number of rotatable bonds is 9. The molecule has 4 aromatic heterocycles. The zero-order valence-corrected chi connectivity index (χ0v) is 21.4. The predicted molar refractivity (Wildman–Crippen MR) is 137 cm³/mol. The molecule has 1 aliphatic carbocycles. The maximum Gasteiger partial charge on any atom is 0.333 e. The normalized spacial score (nSPS) is 19.9. The monoisotopic (exact) mass is 543 g/mol. The van der Waals surface area contributed by atoms with Crippen LogP contribution in [0.5, 0.6) is 0 Å². The van der Waals surface area contributed by atoms with Crippen molar-refractivity contribution in [1.82, 2.24) is 29.5 Å². The molecule has 4 aromatic rings. The number of thiophene rings is 1. The van der Waals surface area contributed by atoms with Gasteiger partial charge in [0.2, 0.25) is 5.78 Å². The summed E-state index contributed by atoms with van der Waals surface area (Å²) in [5.41, 5.74) is 3.07. The van der Waals surface area contributed by atoms with E-state index in [9.17, 15) is 18.3 Å². The van der Waals surface area contributed by atoms with Gasteiger partial charge in [0.25, 0.3) is 0 Å². The lowest BCUT2D eigenvalue weighted by atomic mass is 10.1. The Balaban J connectivity index is 1.29. The highest BCUT2D eigenvalue weighted by atomic mass is 32.2. The molecule has 5 rings (SSSR count). The van der Waals surface area contributed by atoms with Gasteiger partial charge in [-0.05, 0) is 42.8 Å². The van der Waals surface area contributed by atoms with E-state index in [4.69, 9.17) is 4.55 Å². The first-order chi connectivity index (χ1) is 17.7. The molecule has 0 spiro atoms. The number of nitrogens with zero attached hydrogens (tertiary/aromatic N) is 5. The Bertz CT molecular complexity index is 1550. The molecule has 0 saturated heterocycles. The minimum atomic E-state index is -4.34. The molecule has 0 unspecified atom stereocenters. The summed E-state index contributed by atoms with van der Waals surface area (Å²) in [6.07, 6.45) is 6.29. The van der Waals surface area contributed by atoms with E-state index < -0.39 is 22.3 Å². The van der Waals surface area contributed by atoms with Gasteiger partial charge in [0.15, 0.2) is 0 Å². The van der Waals surface area contributed by atoms with Gasteiger partial charge in [0, 0.05) is 36.3 Å². The number of carbonyl (C=O) groups excluding carboxylic acids is 1. The molecule has 0 bridgehead atoms. The molecule has 0 amide bonds. The summed E-state index contributed by atoms with van der Waals surface area (Å²) >= 11 is 1.33. The van der Waals surface area contributed by atoms with Gasteiger partial charge in [0.1, 0.15) is 12.1 Å². The molecule has 3 atom stereocenters. The van der Waals surface area contributed by atoms with E-state index in [2.05, 4.69) is 25.4 Å². The molecule has 0 aliphatic heterocycles. The fourth-order valence-electron chi connectivity index (χ4n) is 4.65. The van der Waals surface area contributed by atoms with E-state index in [-0.39, 0.29) is 18.4 Å². The first-order valence-corrected chi connectivity index (χ1v) is 13.9. The second kappa shape index (κ2) is 10.2. The maximum atomic E-state index is 13.4.